The minimum Gasteiger partial charge on any atom is -0.365 e. The molecule has 1 amide bonds. The van der Waals surface area contributed by atoms with Crippen LogP contribution >= 0.6 is 15.9 Å². The molecule has 25 heavy (non-hydrogen) atoms. The van der Waals surface area contributed by atoms with E-state index < -0.39 is 0 Å². The fourth-order valence-electron chi connectivity index (χ4n) is 3.89. The van der Waals surface area contributed by atoms with Gasteiger partial charge in [-0.1, -0.05) is 35.2 Å². The topological polar surface area (TPSA) is 75.5 Å². The number of hydrogen-bond donors (Lipinski definition) is 1. The summed E-state index contributed by atoms with van der Waals surface area (Å²) in [6.07, 6.45) is 7.49. The van der Waals surface area contributed by atoms with Crippen molar-refractivity contribution in [2.24, 2.45) is 5.92 Å². The molecule has 1 aromatic carbocycles. The van der Waals surface area contributed by atoms with Gasteiger partial charge in [0.2, 0.25) is 5.91 Å². The van der Waals surface area contributed by atoms with Gasteiger partial charge >= 0.3 is 0 Å². The van der Waals surface area contributed by atoms with Gasteiger partial charge in [0.25, 0.3) is 5.69 Å². The van der Waals surface area contributed by atoms with Crippen molar-refractivity contribution in [3.05, 3.63) is 32.8 Å². The Hall–Kier alpha value is -1.63. The highest BCUT2D eigenvalue weighted by Gasteiger charge is 2.30. The molecule has 6 nitrogen and oxygen atoms in total. The quantitative estimate of drug-likeness (QED) is 0.601. The van der Waals surface area contributed by atoms with Crippen molar-refractivity contribution >= 4 is 33.2 Å². The highest BCUT2D eigenvalue weighted by atomic mass is 79.9. The molecule has 1 aromatic rings. The molecule has 1 aliphatic heterocycles. The van der Waals surface area contributed by atoms with E-state index in [1.165, 1.54) is 25.3 Å². The second-order valence-corrected chi connectivity index (χ2v) is 7.93. The maximum absolute atomic E-state index is 12.6. The number of halogens is 1. The van der Waals surface area contributed by atoms with Gasteiger partial charge in [0.15, 0.2) is 0 Å². The smallest absolute Gasteiger partial charge is 0.293 e. The van der Waals surface area contributed by atoms with E-state index in [1.807, 2.05) is 11.0 Å². The molecule has 1 saturated heterocycles. The van der Waals surface area contributed by atoms with Crippen molar-refractivity contribution in [3.63, 3.8) is 0 Å². The summed E-state index contributed by atoms with van der Waals surface area (Å²) in [6.45, 7) is 1.29. The largest absolute Gasteiger partial charge is 0.365 e. The van der Waals surface area contributed by atoms with Gasteiger partial charge in [-0.15, -0.1) is 0 Å². The summed E-state index contributed by atoms with van der Waals surface area (Å²) >= 11 is 3.29. The number of anilines is 1. The van der Waals surface area contributed by atoms with Gasteiger partial charge in [-0.25, -0.2) is 0 Å². The Morgan fingerprint density at radius 3 is 2.68 bits per heavy atom. The molecule has 1 N–H and O–H groups in total. The molecule has 1 saturated carbocycles. The standard InChI is InChI=1S/C18H24BrN3O3/c19-14-8-9-16(17(11-14)22(24)25)21-10-4-5-13(12-21)18(23)20-15-6-2-1-3-7-15/h8-9,11,13,15H,1-7,10,12H2,(H,20,23). The summed E-state index contributed by atoms with van der Waals surface area (Å²) in [7, 11) is 0. The Balaban J connectivity index is 1.68. The lowest BCUT2D eigenvalue weighted by Crippen LogP contribution is -2.46. The van der Waals surface area contributed by atoms with Crippen LogP contribution < -0.4 is 10.2 Å². The van der Waals surface area contributed by atoms with Crippen LogP contribution in [0.1, 0.15) is 44.9 Å². The van der Waals surface area contributed by atoms with Gasteiger partial charge in [0, 0.05) is 29.7 Å². The molecule has 7 heteroatoms. The third kappa shape index (κ3) is 4.51. The highest BCUT2D eigenvalue weighted by molar-refractivity contribution is 9.10. The van der Waals surface area contributed by atoms with Crippen LogP contribution in [0.2, 0.25) is 0 Å². The molecule has 0 aromatic heterocycles. The fraction of sp³-hybridized carbons (Fsp3) is 0.611. The third-order valence-electron chi connectivity index (χ3n) is 5.22. The average molecular weight is 410 g/mol. The number of carbonyl (C=O) groups is 1. The van der Waals surface area contributed by atoms with Crippen LogP contribution in [0.4, 0.5) is 11.4 Å². The van der Waals surface area contributed by atoms with Crippen LogP contribution in [-0.4, -0.2) is 30.0 Å². The van der Waals surface area contributed by atoms with Crippen molar-refractivity contribution in [1.82, 2.24) is 5.32 Å². The summed E-state index contributed by atoms with van der Waals surface area (Å²) < 4.78 is 0.687. The summed E-state index contributed by atoms with van der Waals surface area (Å²) in [5.74, 6) is 0.00953. The van der Waals surface area contributed by atoms with Crippen LogP contribution in [0, 0.1) is 16.0 Å². The Morgan fingerprint density at radius 2 is 1.96 bits per heavy atom. The predicted molar refractivity (Wildman–Crippen MR) is 101 cm³/mol. The number of carbonyl (C=O) groups excluding carboxylic acids is 1. The molecule has 2 fully saturated rings. The van der Waals surface area contributed by atoms with Gasteiger partial charge in [0.1, 0.15) is 5.69 Å². The van der Waals surface area contributed by atoms with E-state index in [9.17, 15) is 14.9 Å². The Bertz CT molecular complexity index is 646. The molecular formula is C18H24BrN3O3. The van der Waals surface area contributed by atoms with E-state index in [0.29, 0.717) is 22.7 Å². The second kappa shape index (κ2) is 8.17. The van der Waals surface area contributed by atoms with Gasteiger partial charge in [-0.3, -0.25) is 14.9 Å². The molecule has 0 bridgehead atoms. The lowest BCUT2D eigenvalue weighted by Gasteiger charge is -2.34. The summed E-state index contributed by atoms with van der Waals surface area (Å²) in [6, 6.07) is 5.41. The van der Waals surface area contributed by atoms with Crippen LogP contribution in [-0.2, 0) is 4.79 Å². The number of rotatable bonds is 4. The maximum atomic E-state index is 12.6. The van der Waals surface area contributed by atoms with Crippen molar-refractivity contribution in [2.45, 2.75) is 51.0 Å². The Labute approximate surface area is 156 Å². The zero-order valence-electron chi connectivity index (χ0n) is 14.2. The number of piperidine rings is 1. The number of hydrogen-bond acceptors (Lipinski definition) is 4. The number of amides is 1. The molecule has 2 aliphatic rings. The second-order valence-electron chi connectivity index (χ2n) is 7.02. The Morgan fingerprint density at radius 1 is 1.20 bits per heavy atom. The van der Waals surface area contributed by atoms with E-state index in [4.69, 9.17) is 0 Å². The number of nitrogens with one attached hydrogen (secondary N) is 1. The predicted octanol–water partition coefficient (Wildman–Crippen LogP) is 4.02. The number of nitro groups is 1. The van der Waals surface area contributed by atoms with Crippen molar-refractivity contribution < 1.29 is 9.72 Å². The van der Waals surface area contributed by atoms with Crippen LogP contribution in [0.3, 0.4) is 0 Å². The SMILES string of the molecule is O=C(NC1CCCCC1)C1CCCN(c2ccc(Br)cc2[N+](=O)[O-])C1. The van der Waals surface area contributed by atoms with E-state index in [1.54, 1.807) is 6.07 Å². The number of nitrogens with zero attached hydrogens (tertiary/aromatic N) is 2. The van der Waals surface area contributed by atoms with Crippen LogP contribution in [0.15, 0.2) is 22.7 Å². The molecule has 1 unspecified atom stereocenters. The van der Waals surface area contributed by atoms with E-state index >= 15 is 0 Å². The number of nitro benzene ring substituents is 1. The average Bonchev–Trinajstić information content (AvgIpc) is 2.62. The highest BCUT2D eigenvalue weighted by Crippen LogP contribution is 2.34. The van der Waals surface area contributed by atoms with Crippen molar-refractivity contribution in [1.29, 1.82) is 0 Å². The maximum Gasteiger partial charge on any atom is 0.293 e. The third-order valence-corrected chi connectivity index (χ3v) is 5.71. The van der Waals surface area contributed by atoms with E-state index in [-0.39, 0.29) is 22.4 Å². The molecule has 3 rings (SSSR count). The molecule has 1 heterocycles. The van der Waals surface area contributed by atoms with Gasteiger partial charge in [-0.05, 0) is 37.8 Å². The Kier molecular flexibility index (Phi) is 5.93. The molecule has 0 radical (unpaired) electrons. The molecule has 1 atom stereocenters. The first-order valence-electron chi connectivity index (χ1n) is 9.04. The molecular weight excluding hydrogens is 386 g/mol. The molecule has 1 aliphatic carbocycles. The minimum absolute atomic E-state index is 0.0858. The fourth-order valence-corrected chi connectivity index (χ4v) is 4.24. The van der Waals surface area contributed by atoms with Crippen LogP contribution in [0.5, 0.6) is 0 Å². The van der Waals surface area contributed by atoms with Crippen molar-refractivity contribution in [3.8, 4) is 0 Å². The summed E-state index contributed by atoms with van der Waals surface area (Å²) in [5.41, 5.74) is 0.686. The molecule has 0 spiro atoms. The minimum atomic E-state index is -0.355. The summed E-state index contributed by atoms with van der Waals surface area (Å²) in [5, 5.41) is 14.6. The van der Waals surface area contributed by atoms with E-state index in [0.717, 1.165) is 32.2 Å². The lowest BCUT2D eigenvalue weighted by atomic mass is 9.92. The number of benzene rings is 1. The van der Waals surface area contributed by atoms with E-state index in [2.05, 4.69) is 21.2 Å². The van der Waals surface area contributed by atoms with Gasteiger partial charge in [0.05, 0.1) is 10.8 Å². The van der Waals surface area contributed by atoms with Crippen molar-refractivity contribution in [2.75, 3.05) is 18.0 Å². The van der Waals surface area contributed by atoms with Gasteiger partial charge < -0.3 is 10.2 Å². The zero-order valence-corrected chi connectivity index (χ0v) is 15.8. The van der Waals surface area contributed by atoms with Gasteiger partial charge in [-0.2, -0.15) is 0 Å². The first-order valence-corrected chi connectivity index (χ1v) is 9.83. The first-order chi connectivity index (χ1) is 12.0. The van der Waals surface area contributed by atoms with Crippen LogP contribution in [0.25, 0.3) is 0 Å². The zero-order chi connectivity index (χ0) is 17.8. The molecule has 136 valence electrons. The summed E-state index contributed by atoms with van der Waals surface area (Å²) in [4.78, 5) is 25.6. The monoisotopic (exact) mass is 409 g/mol. The normalized spacial score (nSPS) is 21.8. The lowest BCUT2D eigenvalue weighted by molar-refractivity contribution is -0.384. The first kappa shape index (κ1) is 18.2.